The monoisotopic (exact) mass is 447 g/mol. The fourth-order valence-electron chi connectivity index (χ4n) is 3.49. The van der Waals surface area contributed by atoms with Crippen LogP contribution in [0.3, 0.4) is 0 Å². The normalized spacial score (nSPS) is 13.6. The van der Waals surface area contributed by atoms with Crippen LogP contribution >= 0.6 is 11.6 Å². The number of imide groups is 1. The van der Waals surface area contributed by atoms with Gasteiger partial charge in [-0.2, -0.15) is 0 Å². The lowest BCUT2D eigenvalue weighted by Gasteiger charge is -2.13. The number of Topliss-reactive ketones (excluding diaryl/α,β-unsaturated/α-hetero) is 1. The lowest BCUT2D eigenvalue weighted by molar-refractivity contribution is 0.0318. The van der Waals surface area contributed by atoms with Gasteiger partial charge >= 0.3 is 5.97 Å². The lowest BCUT2D eigenvalue weighted by Crippen LogP contribution is -2.29. The number of ether oxygens (including phenoxy) is 1. The number of esters is 1. The van der Waals surface area contributed by atoms with Gasteiger partial charge in [0.05, 0.1) is 23.2 Å². The van der Waals surface area contributed by atoms with Crippen LogP contribution in [0.15, 0.2) is 72.8 Å². The first-order valence-electron chi connectivity index (χ1n) is 9.90. The molecule has 0 radical (unpaired) electrons. The number of nitrogens with zero attached hydrogens (tertiary/aromatic N) is 1. The average molecular weight is 448 g/mol. The molecule has 1 unspecified atom stereocenters. The molecule has 1 heterocycles. The summed E-state index contributed by atoms with van der Waals surface area (Å²) in [6.07, 6.45) is -1.05. The molecule has 0 saturated heterocycles. The molecule has 0 aromatic heterocycles. The molecule has 160 valence electrons. The Morgan fingerprint density at radius 3 is 2.31 bits per heavy atom. The van der Waals surface area contributed by atoms with E-state index in [9.17, 15) is 19.2 Å². The molecule has 0 N–H and O–H groups in total. The number of hydrogen-bond donors (Lipinski definition) is 0. The van der Waals surface area contributed by atoms with E-state index in [4.69, 9.17) is 16.3 Å². The van der Waals surface area contributed by atoms with E-state index < -0.39 is 29.7 Å². The van der Waals surface area contributed by atoms with Gasteiger partial charge in [-0.05, 0) is 42.8 Å². The van der Waals surface area contributed by atoms with Crippen LogP contribution in [-0.4, -0.2) is 34.6 Å². The number of rotatable bonds is 6. The zero-order valence-electron chi connectivity index (χ0n) is 17.1. The SMILES string of the molecule is CC(OC(=O)c1ccc2c(c1)C(=O)N(Cc1ccccc1)C2=O)C(=O)c1cccc(Cl)c1. The summed E-state index contributed by atoms with van der Waals surface area (Å²) in [7, 11) is 0. The number of ketones is 1. The minimum Gasteiger partial charge on any atom is -0.451 e. The largest absolute Gasteiger partial charge is 0.451 e. The Kier molecular flexibility index (Phi) is 5.88. The molecule has 4 rings (SSSR count). The molecule has 32 heavy (non-hydrogen) atoms. The van der Waals surface area contributed by atoms with Crippen LogP contribution in [0.2, 0.25) is 5.02 Å². The second kappa shape index (κ2) is 8.77. The molecule has 1 aliphatic rings. The van der Waals surface area contributed by atoms with E-state index in [1.54, 1.807) is 18.2 Å². The molecule has 2 amide bonds. The van der Waals surface area contributed by atoms with Gasteiger partial charge in [0.15, 0.2) is 6.10 Å². The Hall–Kier alpha value is -3.77. The van der Waals surface area contributed by atoms with Gasteiger partial charge in [-0.3, -0.25) is 19.3 Å². The Bertz CT molecular complexity index is 1240. The van der Waals surface area contributed by atoms with Gasteiger partial charge in [0, 0.05) is 10.6 Å². The van der Waals surface area contributed by atoms with Crippen LogP contribution in [0.25, 0.3) is 0 Å². The molecule has 3 aromatic rings. The zero-order chi connectivity index (χ0) is 22.8. The minimum atomic E-state index is -1.05. The number of benzene rings is 3. The Morgan fingerprint density at radius 2 is 1.59 bits per heavy atom. The molecule has 0 saturated carbocycles. The van der Waals surface area contributed by atoms with E-state index in [1.165, 1.54) is 31.2 Å². The predicted molar refractivity (Wildman–Crippen MR) is 118 cm³/mol. The molecule has 0 fully saturated rings. The van der Waals surface area contributed by atoms with E-state index in [-0.39, 0.29) is 23.2 Å². The summed E-state index contributed by atoms with van der Waals surface area (Å²) in [5.41, 5.74) is 1.58. The standard InChI is InChI=1S/C25H18ClNO5/c1-15(22(28)17-8-5-9-19(26)12-17)32-25(31)18-10-11-20-21(13-18)24(30)27(23(20)29)14-16-6-3-2-4-7-16/h2-13,15H,14H2,1H3. The minimum absolute atomic E-state index is 0.0807. The van der Waals surface area contributed by atoms with Crippen molar-refractivity contribution in [2.24, 2.45) is 0 Å². The van der Waals surface area contributed by atoms with Crippen LogP contribution in [0.4, 0.5) is 0 Å². The van der Waals surface area contributed by atoms with Crippen LogP contribution < -0.4 is 0 Å². The van der Waals surface area contributed by atoms with Crippen LogP contribution in [0.1, 0.15) is 53.9 Å². The van der Waals surface area contributed by atoms with Crippen molar-refractivity contribution in [3.8, 4) is 0 Å². The van der Waals surface area contributed by atoms with Gasteiger partial charge in [-0.1, -0.05) is 54.1 Å². The number of hydrogen-bond acceptors (Lipinski definition) is 5. The highest BCUT2D eigenvalue weighted by molar-refractivity contribution is 6.31. The van der Waals surface area contributed by atoms with Gasteiger partial charge < -0.3 is 4.74 Å². The van der Waals surface area contributed by atoms with Gasteiger partial charge in [0.2, 0.25) is 5.78 Å². The topological polar surface area (TPSA) is 80.8 Å². The molecule has 1 aliphatic heterocycles. The number of halogens is 1. The van der Waals surface area contributed by atoms with E-state index in [1.807, 2.05) is 30.3 Å². The second-order valence-electron chi connectivity index (χ2n) is 7.36. The molecular formula is C25H18ClNO5. The maximum atomic E-state index is 12.8. The first kappa shape index (κ1) is 21.5. The highest BCUT2D eigenvalue weighted by Gasteiger charge is 2.36. The maximum absolute atomic E-state index is 12.8. The predicted octanol–water partition coefficient (Wildman–Crippen LogP) is 4.56. The highest BCUT2D eigenvalue weighted by atomic mass is 35.5. The van der Waals surface area contributed by atoms with Crippen molar-refractivity contribution in [2.75, 3.05) is 0 Å². The third kappa shape index (κ3) is 4.18. The molecule has 0 spiro atoms. The molecule has 3 aromatic carbocycles. The number of amides is 2. The van der Waals surface area contributed by atoms with Gasteiger partial charge in [-0.25, -0.2) is 4.79 Å². The average Bonchev–Trinajstić information content (AvgIpc) is 3.03. The quantitative estimate of drug-likeness (QED) is 0.314. The number of carbonyl (C=O) groups is 4. The molecule has 1 atom stereocenters. The Labute approximate surface area is 189 Å². The van der Waals surface area contributed by atoms with E-state index >= 15 is 0 Å². The zero-order valence-corrected chi connectivity index (χ0v) is 17.8. The molecular weight excluding hydrogens is 430 g/mol. The summed E-state index contributed by atoms with van der Waals surface area (Å²) in [6, 6.07) is 19.7. The number of carbonyl (C=O) groups excluding carboxylic acids is 4. The van der Waals surface area contributed by atoms with Crippen molar-refractivity contribution in [1.29, 1.82) is 0 Å². The van der Waals surface area contributed by atoms with E-state index in [2.05, 4.69) is 0 Å². The third-order valence-electron chi connectivity index (χ3n) is 5.15. The molecule has 7 heteroatoms. The smallest absolute Gasteiger partial charge is 0.338 e. The van der Waals surface area contributed by atoms with Crippen molar-refractivity contribution >= 4 is 35.2 Å². The summed E-state index contributed by atoms with van der Waals surface area (Å²) < 4.78 is 5.30. The fourth-order valence-corrected chi connectivity index (χ4v) is 3.68. The summed E-state index contributed by atoms with van der Waals surface area (Å²) in [4.78, 5) is 51.8. The van der Waals surface area contributed by atoms with Crippen LogP contribution in [0, 0.1) is 0 Å². The van der Waals surface area contributed by atoms with Crippen molar-refractivity contribution in [3.05, 3.63) is 106 Å². The molecule has 0 bridgehead atoms. The van der Waals surface area contributed by atoms with Gasteiger partial charge in [0.1, 0.15) is 0 Å². The van der Waals surface area contributed by atoms with Crippen molar-refractivity contribution in [2.45, 2.75) is 19.6 Å². The highest BCUT2D eigenvalue weighted by Crippen LogP contribution is 2.26. The van der Waals surface area contributed by atoms with E-state index in [0.717, 1.165) is 10.5 Å². The first-order valence-corrected chi connectivity index (χ1v) is 10.3. The van der Waals surface area contributed by atoms with Crippen molar-refractivity contribution in [3.63, 3.8) is 0 Å². The van der Waals surface area contributed by atoms with Gasteiger partial charge in [0.25, 0.3) is 11.8 Å². The Morgan fingerprint density at radius 1 is 0.875 bits per heavy atom. The van der Waals surface area contributed by atoms with Crippen LogP contribution in [0.5, 0.6) is 0 Å². The van der Waals surface area contributed by atoms with Crippen molar-refractivity contribution in [1.82, 2.24) is 4.90 Å². The fraction of sp³-hybridized carbons (Fsp3) is 0.120. The third-order valence-corrected chi connectivity index (χ3v) is 5.39. The maximum Gasteiger partial charge on any atom is 0.338 e. The summed E-state index contributed by atoms with van der Waals surface area (Å²) in [5, 5.41) is 0.399. The van der Waals surface area contributed by atoms with E-state index in [0.29, 0.717) is 10.6 Å². The van der Waals surface area contributed by atoms with Crippen LogP contribution in [-0.2, 0) is 11.3 Å². The second-order valence-corrected chi connectivity index (χ2v) is 7.80. The Balaban J connectivity index is 1.50. The molecule has 6 nitrogen and oxygen atoms in total. The first-order chi connectivity index (χ1) is 15.3. The number of fused-ring (bicyclic) bond motifs is 1. The molecule has 0 aliphatic carbocycles. The summed E-state index contributed by atoms with van der Waals surface area (Å²) in [6.45, 7) is 1.60. The van der Waals surface area contributed by atoms with Crippen molar-refractivity contribution < 1.29 is 23.9 Å². The van der Waals surface area contributed by atoms with Gasteiger partial charge in [-0.15, -0.1) is 0 Å². The summed E-state index contributed by atoms with van der Waals surface area (Å²) in [5.74, 6) is -2.07. The lowest BCUT2D eigenvalue weighted by atomic mass is 10.1. The summed E-state index contributed by atoms with van der Waals surface area (Å²) >= 11 is 5.91.